The first-order chi connectivity index (χ1) is 16.5. The van der Waals surface area contributed by atoms with Gasteiger partial charge in [0.05, 0.1) is 24.0 Å². The Balaban J connectivity index is 1.32. The summed E-state index contributed by atoms with van der Waals surface area (Å²) in [6.07, 6.45) is 0. The van der Waals surface area contributed by atoms with Gasteiger partial charge in [-0.15, -0.1) is 21.8 Å². The molecule has 0 aliphatic carbocycles. The third kappa shape index (κ3) is 3.82. The van der Waals surface area contributed by atoms with Crippen molar-refractivity contribution in [2.45, 2.75) is 27.8 Å². The van der Waals surface area contributed by atoms with E-state index < -0.39 is 5.38 Å². The van der Waals surface area contributed by atoms with E-state index in [2.05, 4.69) is 43.2 Å². The summed E-state index contributed by atoms with van der Waals surface area (Å²) in [6.45, 7) is 0.510. The van der Waals surface area contributed by atoms with Crippen LogP contribution in [0.15, 0.2) is 81.0 Å². The van der Waals surface area contributed by atoms with Gasteiger partial charge in [-0.2, -0.15) is 0 Å². The van der Waals surface area contributed by atoms with Crippen LogP contribution in [0.4, 0.5) is 16.5 Å². The maximum Gasteiger partial charge on any atom is 0.250 e. The van der Waals surface area contributed by atoms with Crippen LogP contribution in [0.1, 0.15) is 16.6 Å². The average Bonchev–Trinajstić information content (AvgIpc) is 3.29. The number of amides is 1. The van der Waals surface area contributed by atoms with Crippen LogP contribution in [0.2, 0.25) is 5.02 Å². The Morgan fingerprint density at radius 1 is 0.971 bits per heavy atom. The first-order valence-electron chi connectivity index (χ1n) is 10.4. The molecule has 0 radical (unpaired) electrons. The zero-order valence-corrected chi connectivity index (χ0v) is 22.1. The van der Waals surface area contributed by atoms with Gasteiger partial charge < -0.3 is 4.90 Å². The monoisotopic (exact) mass is 588 g/mol. The van der Waals surface area contributed by atoms with Crippen molar-refractivity contribution in [3.8, 4) is 0 Å². The van der Waals surface area contributed by atoms with Crippen LogP contribution in [0.3, 0.4) is 0 Å². The molecular formula is C24H15BrCl2N4OS2. The van der Waals surface area contributed by atoms with E-state index in [0.29, 0.717) is 16.7 Å². The van der Waals surface area contributed by atoms with E-state index in [1.54, 1.807) is 16.7 Å². The molecule has 2 aliphatic rings. The largest absolute Gasteiger partial charge is 0.333 e. The van der Waals surface area contributed by atoms with Crippen molar-refractivity contribution in [2.24, 2.45) is 0 Å². The maximum absolute atomic E-state index is 12.7. The van der Waals surface area contributed by atoms with Gasteiger partial charge in [-0.25, -0.2) is 0 Å². The summed E-state index contributed by atoms with van der Waals surface area (Å²) in [7, 11) is 0. The highest BCUT2D eigenvalue weighted by molar-refractivity contribution is 9.10. The van der Waals surface area contributed by atoms with Gasteiger partial charge >= 0.3 is 0 Å². The number of anilines is 3. The number of β-lactam (4-membered cyclic amide) rings is 1. The Kier molecular flexibility index (Phi) is 5.82. The molecule has 2 unspecified atom stereocenters. The van der Waals surface area contributed by atoms with Crippen LogP contribution in [0.5, 0.6) is 0 Å². The molecular weight excluding hydrogens is 575 g/mol. The number of carbonyl (C=O) groups excluding carboxylic acids is 1. The predicted octanol–water partition coefficient (Wildman–Crippen LogP) is 7.45. The number of hydrogen-bond donors (Lipinski definition) is 0. The second kappa shape index (κ2) is 8.84. The molecule has 10 heteroatoms. The van der Waals surface area contributed by atoms with Gasteiger partial charge in [0, 0.05) is 19.3 Å². The Morgan fingerprint density at radius 2 is 1.79 bits per heavy atom. The number of carbonyl (C=O) groups is 1. The van der Waals surface area contributed by atoms with E-state index in [4.69, 9.17) is 23.2 Å². The molecule has 1 saturated heterocycles. The third-order valence-electron chi connectivity index (χ3n) is 5.76. The van der Waals surface area contributed by atoms with Gasteiger partial charge in [-0.05, 0) is 48.0 Å². The van der Waals surface area contributed by atoms with E-state index in [1.807, 2.05) is 54.6 Å². The molecule has 0 N–H and O–H groups in total. The minimum absolute atomic E-state index is 0.161. The molecule has 2 atom stereocenters. The minimum Gasteiger partial charge on any atom is -0.333 e. The molecule has 2 aliphatic heterocycles. The van der Waals surface area contributed by atoms with E-state index in [1.165, 1.54) is 16.2 Å². The fourth-order valence-electron chi connectivity index (χ4n) is 4.19. The first kappa shape index (κ1) is 22.4. The summed E-state index contributed by atoms with van der Waals surface area (Å²) in [4.78, 5) is 18.8. The fraction of sp³-hybridized carbons (Fsp3) is 0.125. The van der Waals surface area contributed by atoms with E-state index in [-0.39, 0.29) is 11.9 Å². The van der Waals surface area contributed by atoms with E-state index in [0.717, 1.165) is 31.3 Å². The molecule has 3 heterocycles. The number of halogens is 3. The number of hydrogen-bond acceptors (Lipinski definition) is 6. The number of aromatic nitrogens is 2. The van der Waals surface area contributed by atoms with Crippen molar-refractivity contribution in [3.05, 3.63) is 86.8 Å². The summed E-state index contributed by atoms with van der Waals surface area (Å²) < 4.78 is 0.935. The highest BCUT2D eigenvalue weighted by atomic mass is 79.9. The topological polar surface area (TPSA) is 49.3 Å². The second-order valence-corrected chi connectivity index (χ2v) is 11.8. The lowest BCUT2D eigenvalue weighted by molar-refractivity contribution is -0.123. The molecule has 0 saturated carbocycles. The molecule has 170 valence electrons. The summed E-state index contributed by atoms with van der Waals surface area (Å²) in [6, 6.07) is 21.7. The van der Waals surface area contributed by atoms with Crippen molar-refractivity contribution in [2.75, 3.05) is 9.80 Å². The van der Waals surface area contributed by atoms with Crippen LogP contribution < -0.4 is 9.80 Å². The number of rotatable bonds is 4. The molecule has 34 heavy (non-hydrogen) atoms. The van der Waals surface area contributed by atoms with Crippen molar-refractivity contribution < 1.29 is 4.79 Å². The zero-order chi connectivity index (χ0) is 23.4. The van der Waals surface area contributed by atoms with Crippen LogP contribution in [-0.2, 0) is 11.3 Å². The van der Waals surface area contributed by atoms with E-state index >= 15 is 0 Å². The third-order valence-corrected chi connectivity index (χ3v) is 8.95. The Labute approximate surface area is 222 Å². The molecule has 1 fully saturated rings. The van der Waals surface area contributed by atoms with Gasteiger partial charge in [0.1, 0.15) is 10.4 Å². The lowest BCUT2D eigenvalue weighted by atomic mass is 9.94. The Hall–Kier alpha value is -2.10. The molecule has 0 spiro atoms. The van der Waals surface area contributed by atoms with Crippen LogP contribution in [0.25, 0.3) is 0 Å². The molecule has 4 aromatic rings. The highest BCUT2D eigenvalue weighted by Gasteiger charge is 2.49. The smallest absolute Gasteiger partial charge is 0.250 e. The minimum atomic E-state index is -0.623. The molecule has 5 nitrogen and oxygen atoms in total. The average molecular weight is 590 g/mol. The molecule has 0 bridgehead atoms. The quantitative estimate of drug-likeness (QED) is 0.183. The number of fused-ring (bicyclic) bond motifs is 2. The number of alkyl halides is 1. The Morgan fingerprint density at radius 3 is 2.65 bits per heavy atom. The van der Waals surface area contributed by atoms with Gasteiger partial charge in [0.25, 0.3) is 0 Å². The van der Waals surface area contributed by atoms with Crippen LogP contribution >= 0.6 is 62.2 Å². The van der Waals surface area contributed by atoms with Crippen molar-refractivity contribution in [1.82, 2.24) is 10.2 Å². The summed E-state index contributed by atoms with van der Waals surface area (Å²) in [5.74, 6) is -0.161. The zero-order valence-electron chi connectivity index (χ0n) is 17.4. The summed E-state index contributed by atoms with van der Waals surface area (Å²) in [5, 5.41) is 10.2. The van der Waals surface area contributed by atoms with Gasteiger partial charge in [-0.1, -0.05) is 74.9 Å². The van der Waals surface area contributed by atoms with Gasteiger partial charge in [0.2, 0.25) is 11.0 Å². The number of nitrogens with zero attached hydrogens (tertiary/aromatic N) is 4. The molecule has 6 rings (SSSR count). The van der Waals surface area contributed by atoms with Crippen molar-refractivity contribution in [3.63, 3.8) is 0 Å². The lowest BCUT2D eigenvalue weighted by Gasteiger charge is -2.42. The lowest BCUT2D eigenvalue weighted by Crippen LogP contribution is -2.56. The maximum atomic E-state index is 12.7. The first-order valence-corrected chi connectivity index (χ1v) is 13.6. The SMILES string of the molecule is O=C1C(Cl)C(c2cccc(Br)c2)N1c1nnc(CN2c3ccccc3Sc3ccc(Cl)cc32)s1. The normalized spacial score (nSPS) is 19.0. The Bertz CT molecular complexity index is 1430. The van der Waals surface area contributed by atoms with Crippen LogP contribution in [-0.4, -0.2) is 21.5 Å². The summed E-state index contributed by atoms with van der Waals surface area (Å²) >= 11 is 19.4. The van der Waals surface area contributed by atoms with Crippen molar-refractivity contribution >= 4 is 84.6 Å². The molecule has 3 aromatic carbocycles. The highest BCUT2D eigenvalue weighted by Crippen LogP contribution is 2.50. The second-order valence-electron chi connectivity index (χ2n) is 7.86. The molecule has 1 amide bonds. The van der Waals surface area contributed by atoms with Crippen LogP contribution in [0, 0.1) is 0 Å². The molecule has 1 aromatic heterocycles. The summed E-state index contributed by atoms with van der Waals surface area (Å²) in [5.41, 5.74) is 3.07. The standard InChI is InChI=1S/C24H15BrCl2N4OS2/c25-14-5-3-4-13(10-14)22-21(27)23(32)31(22)24-29-28-20(34-24)12-30-16-6-1-2-7-18(16)33-19-9-8-15(26)11-17(19)30/h1-11,21-22H,12H2. The van der Waals surface area contributed by atoms with Crippen molar-refractivity contribution in [1.29, 1.82) is 0 Å². The number of para-hydroxylation sites is 1. The predicted molar refractivity (Wildman–Crippen MR) is 142 cm³/mol. The number of benzene rings is 3. The van der Waals surface area contributed by atoms with Gasteiger partial charge in [0.15, 0.2) is 0 Å². The van der Waals surface area contributed by atoms with E-state index in [9.17, 15) is 4.79 Å². The van der Waals surface area contributed by atoms with Gasteiger partial charge in [-0.3, -0.25) is 9.69 Å². The fourth-order valence-corrected chi connectivity index (χ4v) is 7.08.